The number of hydrogen-bond acceptors (Lipinski definition) is 3. The molecule has 0 aliphatic rings. The molecule has 0 atom stereocenters. The summed E-state index contributed by atoms with van der Waals surface area (Å²) in [6, 6.07) is -1.67. The summed E-state index contributed by atoms with van der Waals surface area (Å²) in [7, 11) is 0. The van der Waals surface area contributed by atoms with E-state index in [0.717, 1.165) is 6.20 Å². The predicted octanol–water partition coefficient (Wildman–Crippen LogP) is 1.86. The second kappa shape index (κ2) is 4.91. The molecule has 0 radical (unpaired) electrons. The van der Waals surface area contributed by atoms with Gasteiger partial charge in [0.2, 0.25) is 0 Å². The number of primary amides is 1. The van der Waals surface area contributed by atoms with Crippen molar-refractivity contribution in [1.82, 2.24) is 14.8 Å². The fourth-order valence-electron chi connectivity index (χ4n) is 1.54. The van der Waals surface area contributed by atoms with Gasteiger partial charge in [-0.05, 0) is 12.1 Å². The molecule has 2 heterocycles. The van der Waals surface area contributed by atoms with Gasteiger partial charge in [0.25, 0.3) is 5.91 Å². The van der Waals surface area contributed by atoms with Crippen LogP contribution in [0.1, 0.15) is 10.4 Å². The van der Waals surface area contributed by atoms with Crippen LogP contribution in [-0.4, -0.2) is 27.1 Å². The zero-order chi connectivity index (χ0) is 14.9. The predicted molar refractivity (Wildman–Crippen MR) is 60.2 cm³/mol. The number of rotatable bonds is 4. The molecule has 9 heteroatoms. The summed E-state index contributed by atoms with van der Waals surface area (Å²) in [6.07, 6.45) is -1.01. The first-order valence-electron chi connectivity index (χ1n) is 5.30. The minimum atomic E-state index is -4.44. The Kier molecular flexibility index (Phi) is 3.43. The smallest absolute Gasteiger partial charge is 0.366 e. The van der Waals surface area contributed by atoms with Crippen LogP contribution in [0.25, 0.3) is 11.3 Å². The van der Waals surface area contributed by atoms with E-state index in [-0.39, 0.29) is 21.5 Å². The van der Waals surface area contributed by atoms with Crippen LogP contribution in [0, 0.1) is 0 Å². The summed E-state index contributed by atoms with van der Waals surface area (Å²) < 4.78 is 50.5. The third-order valence-electron chi connectivity index (χ3n) is 2.50. The molecule has 106 valence electrons. The lowest BCUT2D eigenvalue weighted by Gasteiger charge is -2.14. The highest BCUT2D eigenvalue weighted by molar-refractivity contribution is 5.98. The number of hydrogen-bond donors (Lipinski definition) is 1. The van der Waals surface area contributed by atoms with E-state index in [1.54, 1.807) is 0 Å². The highest BCUT2D eigenvalue weighted by Crippen LogP contribution is 2.30. The van der Waals surface area contributed by atoms with E-state index in [9.17, 15) is 22.4 Å². The van der Waals surface area contributed by atoms with Crippen LogP contribution < -0.4 is 5.73 Å². The third-order valence-corrected chi connectivity index (χ3v) is 2.50. The number of carbonyl (C=O) groups excluding carboxylic acids is 1. The van der Waals surface area contributed by atoms with Crippen molar-refractivity contribution in [3.8, 4) is 11.3 Å². The van der Waals surface area contributed by atoms with E-state index in [4.69, 9.17) is 5.73 Å². The van der Waals surface area contributed by atoms with Gasteiger partial charge in [0.15, 0.2) is 0 Å². The molecule has 0 unspecified atom stereocenters. The number of carbonyl (C=O) groups is 1. The monoisotopic (exact) mass is 288 g/mol. The summed E-state index contributed by atoms with van der Waals surface area (Å²) in [4.78, 5) is 15.0. The molecule has 1 amide bonds. The second-order valence-electron chi connectivity index (χ2n) is 3.83. The van der Waals surface area contributed by atoms with Crippen LogP contribution in [0.2, 0.25) is 0 Å². The molecule has 2 N–H and O–H groups in total. The highest BCUT2D eigenvalue weighted by atomic mass is 19.3. The maximum absolute atomic E-state index is 13.1. The second-order valence-corrected chi connectivity index (χ2v) is 3.83. The van der Waals surface area contributed by atoms with E-state index >= 15 is 0 Å². The zero-order valence-electron chi connectivity index (χ0n) is 9.80. The fourth-order valence-corrected chi connectivity index (χ4v) is 1.54. The van der Waals surface area contributed by atoms with Crippen LogP contribution in [-0.2, 0) is 6.05 Å². The Labute approximate surface area is 110 Å². The third kappa shape index (κ3) is 2.33. The average molecular weight is 288 g/mol. The molecular weight excluding hydrogens is 280 g/mol. The fraction of sp³-hybridized carbons (Fsp3) is 0.182. The molecule has 0 saturated heterocycles. The van der Waals surface area contributed by atoms with E-state index in [2.05, 4.69) is 10.1 Å². The van der Waals surface area contributed by atoms with Crippen molar-refractivity contribution in [3.63, 3.8) is 0 Å². The first-order valence-corrected chi connectivity index (χ1v) is 5.30. The van der Waals surface area contributed by atoms with Crippen LogP contribution >= 0.6 is 0 Å². The lowest BCUT2D eigenvalue weighted by atomic mass is 10.1. The standard InChI is InChI=1S/C11H8F4N4O/c12-10(13)11(14,15)19-5-6(4-18-19)8-7(9(16)20)2-1-3-17-8/h1-5,10H,(H2,16,20). The Bertz CT molecular complexity index is 641. The van der Waals surface area contributed by atoms with Gasteiger partial charge in [-0.25, -0.2) is 13.5 Å². The minimum Gasteiger partial charge on any atom is -0.366 e. The Balaban J connectivity index is 2.47. The first-order chi connectivity index (χ1) is 9.34. The van der Waals surface area contributed by atoms with Crippen LogP contribution in [0.3, 0.4) is 0 Å². The largest absolute Gasteiger partial charge is 0.403 e. The van der Waals surface area contributed by atoms with E-state index < -0.39 is 18.4 Å². The quantitative estimate of drug-likeness (QED) is 0.873. The Morgan fingerprint density at radius 2 is 2.10 bits per heavy atom. The van der Waals surface area contributed by atoms with Crippen LogP contribution in [0.5, 0.6) is 0 Å². The summed E-state index contributed by atoms with van der Waals surface area (Å²) in [5, 5.41) is 3.18. The minimum absolute atomic E-state index is 0.00341. The number of aromatic nitrogens is 3. The number of nitrogens with zero attached hydrogens (tertiary/aromatic N) is 3. The normalized spacial score (nSPS) is 11.8. The maximum atomic E-state index is 13.1. The van der Waals surface area contributed by atoms with Crippen molar-refractivity contribution in [2.24, 2.45) is 5.73 Å². The molecule has 0 saturated carbocycles. The first kappa shape index (κ1) is 14.0. The molecule has 0 aromatic carbocycles. The van der Waals surface area contributed by atoms with Gasteiger partial charge in [0, 0.05) is 18.0 Å². The SMILES string of the molecule is NC(=O)c1cccnc1-c1cnn(C(F)(F)C(F)F)c1. The van der Waals surface area contributed by atoms with Gasteiger partial charge >= 0.3 is 12.5 Å². The van der Waals surface area contributed by atoms with Crippen molar-refractivity contribution in [2.75, 3.05) is 0 Å². The molecule has 5 nitrogen and oxygen atoms in total. The molecule has 0 spiro atoms. The molecule has 0 aliphatic carbocycles. The number of amides is 1. The molecule has 2 rings (SSSR count). The molecule has 20 heavy (non-hydrogen) atoms. The van der Waals surface area contributed by atoms with Gasteiger partial charge in [-0.1, -0.05) is 0 Å². The van der Waals surface area contributed by atoms with E-state index in [1.165, 1.54) is 18.3 Å². The summed E-state index contributed by atoms with van der Waals surface area (Å²) in [6.45, 7) is 0. The Hall–Kier alpha value is -2.45. The lowest BCUT2D eigenvalue weighted by molar-refractivity contribution is -0.196. The van der Waals surface area contributed by atoms with Gasteiger partial charge in [-0.2, -0.15) is 13.9 Å². The van der Waals surface area contributed by atoms with Crippen molar-refractivity contribution in [3.05, 3.63) is 36.3 Å². The van der Waals surface area contributed by atoms with Crippen LogP contribution in [0.15, 0.2) is 30.7 Å². The van der Waals surface area contributed by atoms with Gasteiger partial charge in [0.05, 0.1) is 17.5 Å². The number of alkyl halides is 4. The van der Waals surface area contributed by atoms with E-state index in [0.29, 0.717) is 6.20 Å². The molecule has 0 fully saturated rings. The van der Waals surface area contributed by atoms with Crippen molar-refractivity contribution in [2.45, 2.75) is 12.5 Å². The number of pyridine rings is 1. The molecular formula is C11H8F4N4O. The Morgan fingerprint density at radius 1 is 1.40 bits per heavy atom. The van der Waals surface area contributed by atoms with Gasteiger partial charge in [0.1, 0.15) is 0 Å². The lowest BCUT2D eigenvalue weighted by Crippen LogP contribution is -2.31. The van der Waals surface area contributed by atoms with Gasteiger partial charge in [-0.3, -0.25) is 9.78 Å². The van der Waals surface area contributed by atoms with Crippen molar-refractivity contribution < 1.29 is 22.4 Å². The molecule has 0 aliphatic heterocycles. The van der Waals surface area contributed by atoms with Gasteiger partial charge < -0.3 is 5.73 Å². The molecule has 2 aromatic rings. The Morgan fingerprint density at radius 3 is 2.70 bits per heavy atom. The topological polar surface area (TPSA) is 73.8 Å². The van der Waals surface area contributed by atoms with Crippen molar-refractivity contribution >= 4 is 5.91 Å². The van der Waals surface area contributed by atoms with Crippen molar-refractivity contribution in [1.29, 1.82) is 0 Å². The maximum Gasteiger partial charge on any atom is 0.403 e. The number of nitrogens with two attached hydrogens (primary N) is 1. The molecule has 2 aromatic heterocycles. The molecule has 0 bridgehead atoms. The van der Waals surface area contributed by atoms with Gasteiger partial charge in [-0.15, -0.1) is 0 Å². The average Bonchev–Trinajstić information content (AvgIpc) is 2.88. The summed E-state index contributed by atoms with van der Waals surface area (Å²) in [5.74, 6) is -0.818. The summed E-state index contributed by atoms with van der Waals surface area (Å²) in [5.41, 5.74) is 5.08. The summed E-state index contributed by atoms with van der Waals surface area (Å²) >= 11 is 0. The van der Waals surface area contributed by atoms with Crippen LogP contribution in [0.4, 0.5) is 17.6 Å². The highest BCUT2D eigenvalue weighted by Gasteiger charge is 2.43. The zero-order valence-corrected chi connectivity index (χ0v) is 9.80. The number of halogens is 4. The van der Waals surface area contributed by atoms with E-state index in [1.807, 2.05) is 0 Å².